The molecule has 7 heteroatoms. The van der Waals surface area contributed by atoms with E-state index in [1.165, 1.54) is 18.2 Å². The third-order valence-corrected chi connectivity index (χ3v) is 2.37. The zero-order chi connectivity index (χ0) is 16.0. The molecule has 0 saturated heterocycles. The zero-order valence-corrected chi connectivity index (χ0v) is 11.6. The lowest BCUT2D eigenvalue weighted by Crippen LogP contribution is -2.19. The summed E-state index contributed by atoms with van der Waals surface area (Å²) in [5.41, 5.74) is 0.276. The number of nitrogens with one attached hydrogen (secondary N) is 1. The molecule has 0 aliphatic rings. The molecule has 0 fully saturated rings. The zero-order valence-electron chi connectivity index (χ0n) is 11.6. The van der Waals surface area contributed by atoms with E-state index in [1.54, 1.807) is 6.07 Å². The molecular weight excluding hydrogens is 285 g/mol. The van der Waals surface area contributed by atoms with Crippen molar-refractivity contribution >= 4 is 11.6 Å². The predicted octanol–water partition coefficient (Wildman–Crippen LogP) is 3.48. The first-order valence-electron chi connectivity index (χ1n) is 6.25. The van der Waals surface area contributed by atoms with Crippen LogP contribution in [0.2, 0.25) is 0 Å². The van der Waals surface area contributed by atoms with Gasteiger partial charge in [0.15, 0.2) is 6.61 Å². The van der Waals surface area contributed by atoms with Gasteiger partial charge < -0.3 is 10.1 Å². The molecule has 0 aromatic heterocycles. The fraction of sp³-hybridized carbons (Fsp3) is 0.429. The number of nitrogens with zero attached hydrogens (tertiary/aromatic N) is 1. The number of carbonyl (C=O) groups excluding carboxylic acids is 1. The fourth-order valence-corrected chi connectivity index (χ4v) is 1.56. The van der Waals surface area contributed by atoms with Crippen molar-refractivity contribution in [1.29, 1.82) is 5.26 Å². The van der Waals surface area contributed by atoms with Crippen molar-refractivity contribution in [2.45, 2.75) is 26.4 Å². The molecule has 0 unspecified atom stereocenters. The number of ether oxygens (including phenoxy) is 1. The number of benzene rings is 1. The number of halogens is 3. The Morgan fingerprint density at radius 1 is 1.43 bits per heavy atom. The normalized spacial score (nSPS) is 11.1. The van der Waals surface area contributed by atoms with Crippen molar-refractivity contribution < 1.29 is 22.7 Å². The van der Waals surface area contributed by atoms with Crippen LogP contribution in [0.15, 0.2) is 18.2 Å². The van der Waals surface area contributed by atoms with Crippen LogP contribution in [0.25, 0.3) is 0 Å². The van der Waals surface area contributed by atoms with Gasteiger partial charge in [0.2, 0.25) is 5.91 Å². The van der Waals surface area contributed by atoms with Crippen molar-refractivity contribution in [3.63, 3.8) is 0 Å². The molecule has 4 nitrogen and oxygen atoms in total. The van der Waals surface area contributed by atoms with Gasteiger partial charge in [-0.2, -0.15) is 18.4 Å². The van der Waals surface area contributed by atoms with Crippen molar-refractivity contribution in [2.24, 2.45) is 5.92 Å². The van der Waals surface area contributed by atoms with Crippen LogP contribution in [0.1, 0.15) is 25.8 Å². The molecule has 0 aliphatic carbocycles. The number of amides is 1. The molecule has 1 aromatic carbocycles. The monoisotopic (exact) mass is 300 g/mol. The first-order chi connectivity index (χ1) is 9.71. The average molecular weight is 300 g/mol. The van der Waals surface area contributed by atoms with Crippen LogP contribution >= 0.6 is 0 Å². The van der Waals surface area contributed by atoms with Gasteiger partial charge in [0.25, 0.3) is 0 Å². The van der Waals surface area contributed by atoms with Gasteiger partial charge in [-0.05, 0) is 24.1 Å². The number of anilines is 1. The summed E-state index contributed by atoms with van der Waals surface area (Å²) in [6.45, 7) is 2.30. The SMILES string of the molecule is CC(C)CC(=O)Nc1ccc(OCC(F)(F)F)c(C#N)c1. The van der Waals surface area contributed by atoms with Gasteiger partial charge in [-0.1, -0.05) is 13.8 Å². The second-order valence-corrected chi connectivity index (χ2v) is 4.87. The maximum absolute atomic E-state index is 12.1. The van der Waals surface area contributed by atoms with Gasteiger partial charge in [-0.15, -0.1) is 0 Å². The molecule has 0 saturated carbocycles. The maximum Gasteiger partial charge on any atom is 0.422 e. The van der Waals surface area contributed by atoms with Crippen LogP contribution in [0, 0.1) is 17.2 Å². The molecule has 0 aliphatic heterocycles. The first-order valence-corrected chi connectivity index (χ1v) is 6.25. The summed E-state index contributed by atoms with van der Waals surface area (Å²) in [4.78, 5) is 11.6. The lowest BCUT2D eigenvalue weighted by Gasteiger charge is -2.12. The fourth-order valence-electron chi connectivity index (χ4n) is 1.56. The second kappa shape index (κ2) is 6.97. The third kappa shape index (κ3) is 6.17. The summed E-state index contributed by atoms with van der Waals surface area (Å²) in [6, 6.07) is 5.65. The molecule has 1 aromatic rings. The third-order valence-electron chi connectivity index (χ3n) is 2.37. The summed E-state index contributed by atoms with van der Waals surface area (Å²) < 4.78 is 40.8. The molecule has 0 heterocycles. The van der Waals surface area contributed by atoms with E-state index >= 15 is 0 Å². The molecule has 1 amide bonds. The topological polar surface area (TPSA) is 62.1 Å². The quantitative estimate of drug-likeness (QED) is 0.905. The van der Waals surface area contributed by atoms with Gasteiger partial charge in [0.1, 0.15) is 11.8 Å². The largest absolute Gasteiger partial charge is 0.483 e. The van der Waals surface area contributed by atoms with E-state index in [2.05, 4.69) is 10.1 Å². The molecule has 0 spiro atoms. The highest BCUT2D eigenvalue weighted by molar-refractivity contribution is 5.91. The Morgan fingerprint density at radius 3 is 2.62 bits per heavy atom. The minimum Gasteiger partial charge on any atom is -0.483 e. The standard InChI is InChI=1S/C14H15F3N2O2/c1-9(2)5-13(20)19-11-3-4-12(10(6-11)7-18)21-8-14(15,16)17/h3-4,6,9H,5,8H2,1-2H3,(H,19,20). The molecule has 0 atom stereocenters. The van der Waals surface area contributed by atoms with Gasteiger partial charge in [-0.25, -0.2) is 0 Å². The average Bonchev–Trinajstić information content (AvgIpc) is 2.34. The second-order valence-electron chi connectivity index (χ2n) is 4.87. The van der Waals surface area contributed by atoms with E-state index in [9.17, 15) is 18.0 Å². The van der Waals surface area contributed by atoms with Crippen LogP contribution < -0.4 is 10.1 Å². The maximum atomic E-state index is 12.1. The lowest BCUT2D eigenvalue weighted by atomic mass is 10.1. The molecule has 21 heavy (non-hydrogen) atoms. The van der Waals surface area contributed by atoms with E-state index in [4.69, 9.17) is 5.26 Å². The Bertz CT molecular complexity index is 548. The summed E-state index contributed by atoms with van der Waals surface area (Å²) in [5, 5.41) is 11.5. The molecule has 1 rings (SSSR count). The highest BCUT2D eigenvalue weighted by atomic mass is 19.4. The molecule has 0 bridgehead atoms. The summed E-state index contributed by atoms with van der Waals surface area (Å²) in [7, 11) is 0. The number of alkyl halides is 3. The minimum atomic E-state index is -4.48. The van der Waals surface area contributed by atoms with Gasteiger partial charge in [0.05, 0.1) is 5.56 Å². The highest BCUT2D eigenvalue weighted by Gasteiger charge is 2.28. The van der Waals surface area contributed by atoms with Crippen LogP contribution in [0.5, 0.6) is 5.75 Å². The number of nitriles is 1. The summed E-state index contributed by atoms with van der Waals surface area (Å²) in [5.74, 6) is -0.218. The first kappa shape index (κ1) is 16.8. The number of rotatable bonds is 5. The Balaban J connectivity index is 2.79. The molecule has 0 radical (unpaired) electrons. The Hall–Kier alpha value is -2.23. The summed E-state index contributed by atoms with van der Waals surface area (Å²) >= 11 is 0. The number of hydrogen-bond donors (Lipinski definition) is 1. The van der Waals surface area contributed by atoms with Crippen LogP contribution in [0.4, 0.5) is 18.9 Å². The predicted molar refractivity (Wildman–Crippen MR) is 70.8 cm³/mol. The summed E-state index contributed by atoms with van der Waals surface area (Å²) in [6.07, 6.45) is -4.16. The van der Waals surface area contributed by atoms with Crippen molar-refractivity contribution in [3.8, 4) is 11.8 Å². The van der Waals surface area contributed by atoms with E-state index in [0.717, 1.165) is 0 Å². The smallest absolute Gasteiger partial charge is 0.422 e. The van der Waals surface area contributed by atoms with Crippen molar-refractivity contribution in [3.05, 3.63) is 23.8 Å². The highest BCUT2D eigenvalue weighted by Crippen LogP contribution is 2.25. The van der Waals surface area contributed by atoms with Crippen molar-refractivity contribution in [1.82, 2.24) is 0 Å². The Labute approximate surface area is 120 Å². The minimum absolute atomic E-state index is 0.0680. The van der Waals surface area contributed by atoms with E-state index in [1.807, 2.05) is 13.8 Å². The molecular formula is C14H15F3N2O2. The van der Waals surface area contributed by atoms with E-state index in [0.29, 0.717) is 12.1 Å². The van der Waals surface area contributed by atoms with Gasteiger partial charge in [0, 0.05) is 12.1 Å². The number of carbonyl (C=O) groups is 1. The molecule has 114 valence electrons. The van der Waals surface area contributed by atoms with Crippen LogP contribution in [0.3, 0.4) is 0 Å². The van der Waals surface area contributed by atoms with Crippen LogP contribution in [-0.4, -0.2) is 18.7 Å². The lowest BCUT2D eigenvalue weighted by molar-refractivity contribution is -0.153. The molecule has 1 N–H and O–H groups in total. The van der Waals surface area contributed by atoms with Crippen molar-refractivity contribution in [2.75, 3.05) is 11.9 Å². The number of hydrogen-bond acceptors (Lipinski definition) is 3. The Morgan fingerprint density at radius 2 is 2.10 bits per heavy atom. The van der Waals surface area contributed by atoms with E-state index in [-0.39, 0.29) is 23.1 Å². The Kier molecular flexibility index (Phi) is 5.59. The van der Waals surface area contributed by atoms with Crippen LogP contribution in [-0.2, 0) is 4.79 Å². The van der Waals surface area contributed by atoms with E-state index < -0.39 is 12.8 Å². The van der Waals surface area contributed by atoms with Gasteiger partial charge >= 0.3 is 6.18 Å². The van der Waals surface area contributed by atoms with Gasteiger partial charge in [-0.3, -0.25) is 4.79 Å².